The molecule has 28 heavy (non-hydrogen) atoms. The van der Waals surface area contributed by atoms with Crippen molar-refractivity contribution in [3.8, 4) is 0 Å². The highest BCUT2D eigenvalue weighted by Crippen LogP contribution is 2.20. The Bertz CT molecular complexity index is 1180. The predicted octanol–water partition coefficient (Wildman–Crippen LogP) is 3.48. The highest BCUT2D eigenvalue weighted by atomic mass is 32.1. The predicted molar refractivity (Wildman–Crippen MR) is 111 cm³/mol. The Kier molecular flexibility index (Phi) is 5.21. The van der Waals surface area contributed by atoms with Gasteiger partial charge in [-0.1, -0.05) is 25.1 Å². The first-order valence-electron chi connectivity index (χ1n) is 9.38. The Morgan fingerprint density at radius 3 is 2.79 bits per heavy atom. The van der Waals surface area contributed by atoms with Gasteiger partial charge in [0.05, 0.1) is 5.52 Å². The fourth-order valence-corrected chi connectivity index (χ4v) is 4.14. The van der Waals surface area contributed by atoms with Crippen LogP contribution in [0, 0.1) is 0 Å². The maximum atomic E-state index is 12.7. The van der Waals surface area contributed by atoms with Crippen LogP contribution >= 0.6 is 11.3 Å². The largest absolute Gasteiger partial charge is 0.326 e. The third-order valence-electron chi connectivity index (χ3n) is 4.59. The van der Waals surface area contributed by atoms with Crippen molar-refractivity contribution in [2.45, 2.75) is 39.2 Å². The summed E-state index contributed by atoms with van der Waals surface area (Å²) in [5.41, 5.74) is 1.62. The summed E-state index contributed by atoms with van der Waals surface area (Å²) in [5, 5.41) is 13.4. The summed E-state index contributed by atoms with van der Waals surface area (Å²) >= 11 is 1.44. The SMILES string of the molecule is CCCn1c(=O)c2sccc2n2c(CCCC(=O)Nc3ccccc3)nnc12. The molecule has 8 heteroatoms. The highest BCUT2D eigenvalue weighted by molar-refractivity contribution is 7.17. The summed E-state index contributed by atoms with van der Waals surface area (Å²) in [6.45, 7) is 2.64. The number of nitrogens with zero attached hydrogens (tertiary/aromatic N) is 4. The van der Waals surface area contributed by atoms with E-state index in [2.05, 4.69) is 15.5 Å². The van der Waals surface area contributed by atoms with Crippen molar-refractivity contribution in [1.82, 2.24) is 19.2 Å². The maximum absolute atomic E-state index is 12.7. The van der Waals surface area contributed by atoms with Gasteiger partial charge in [-0.05, 0) is 36.4 Å². The monoisotopic (exact) mass is 395 g/mol. The lowest BCUT2D eigenvalue weighted by molar-refractivity contribution is -0.116. The molecule has 0 radical (unpaired) electrons. The molecule has 0 spiro atoms. The number of benzene rings is 1. The molecular weight excluding hydrogens is 374 g/mol. The Hall–Kier alpha value is -3.00. The molecule has 0 aliphatic heterocycles. The first kappa shape index (κ1) is 18.4. The molecule has 0 bridgehead atoms. The van der Waals surface area contributed by atoms with Crippen LogP contribution in [0.25, 0.3) is 16.0 Å². The van der Waals surface area contributed by atoms with E-state index in [1.165, 1.54) is 11.3 Å². The summed E-state index contributed by atoms with van der Waals surface area (Å²) in [7, 11) is 0. The van der Waals surface area contributed by atoms with Gasteiger partial charge in [0, 0.05) is 25.1 Å². The molecule has 0 atom stereocenters. The molecule has 3 heterocycles. The number of rotatable bonds is 7. The summed E-state index contributed by atoms with van der Waals surface area (Å²) in [5.74, 6) is 1.32. The van der Waals surface area contributed by atoms with E-state index in [1.807, 2.05) is 53.1 Å². The molecule has 1 aromatic carbocycles. The smallest absolute Gasteiger partial charge is 0.272 e. The van der Waals surface area contributed by atoms with Crippen LogP contribution in [0.5, 0.6) is 0 Å². The topological polar surface area (TPSA) is 81.3 Å². The number of hydrogen-bond acceptors (Lipinski definition) is 5. The molecule has 4 rings (SSSR count). The standard InChI is InChI=1S/C20H21N5O2S/c1-2-12-24-19(27)18-15(11-13-28-18)25-16(22-23-20(24)25)9-6-10-17(26)21-14-7-4-3-5-8-14/h3-5,7-8,11,13H,2,6,9-10,12H2,1H3,(H,21,26). The molecule has 0 aliphatic carbocycles. The number of hydrogen-bond donors (Lipinski definition) is 1. The van der Waals surface area contributed by atoms with Gasteiger partial charge in [-0.2, -0.15) is 0 Å². The van der Waals surface area contributed by atoms with Crippen LogP contribution < -0.4 is 10.9 Å². The Morgan fingerprint density at radius 1 is 1.18 bits per heavy atom. The molecule has 0 unspecified atom stereocenters. The average Bonchev–Trinajstić information content (AvgIpc) is 3.33. The van der Waals surface area contributed by atoms with Crippen LogP contribution in [0.15, 0.2) is 46.6 Å². The van der Waals surface area contributed by atoms with E-state index in [4.69, 9.17) is 0 Å². The molecule has 1 N–H and O–H groups in total. The first-order chi connectivity index (χ1) is 13.7. The van der Waals surface area contributed by atoms with E-state index in [0.29, 0.717) is 36.3 Å². The van der Waals surface area contributed by atoms with Gasteiger partial charge in [0.2, 0.25) is 11.7 Å². The second-order valence-corrected chi connectivity index (χ2v) is 7.53. The molecule has 3 aromatic heterocycles. The fraction of sp³-hybridized carbons (Fsp3) is 0.300. The van der Waals surface area contributed by atoms with Crippen molar-refractivity contribution >= 4 is 38.9 Å². The minimum absolute atomic E-state index is 0.0134. The first-order valence-corrected chi connectivity index (χ1v) is 10.3. The number of carbonyl (C=O) groups is 1. The number of thiophene rings is 1. The van der Waals surface area contributed by atoms with E-state index in [1.54, 1.807) is 4.57 Å². The molecular formula is C20H21N5O2S. The molecule has 0 saturated carbocycles. The average molecular weight is 395 g/mol. The van der Waals surface area contributed by atoms with Crippen molar-refractivity contribution in [3.05, 3.63) is 58.0 Å². The zero-order chi connectivity index (χ0) is 19.5. The molecule has 144 valence electrons. The number of fused-ring (bicyclic) bond motifs is 3. The summed E-state index contributed by atoms with van der Waals surface area (Å²) < 4.78 is 4.36. The van der Waals surface area contributed by atoms with Crippen molar-refractivity contribution in [1.29, 1.82) is 0 Å². The van der Waals surface area contributed by atoms with Gasteiger partial charge in [-0.3, -0.25) is 18.6 Å². The zero-order valence-electron chi connectivity index (χ0n) is 15.6. The molecule has 0 fully saturated rings. The second-order valence-electron chi connectivity index (χ2n) is 6.61. The van der Waals surface area contributed by atoms with Crippen LogP contribution in [0.2, 0.25) is 0 Å². The lowest BCUT2D eigenvalue weighted by Gasteiger charge is -2.08. The van der Waals surface area contributed by atoms with E-state index >= 15 is 0 Å². The van der Waals surface area contributed by atoms with Crippen LogP contribution in [0.4, 0.5) is 5.69 Å². The molecule has 0 saturated heterocycles. The number of nitrogens with one attached hydrogen (secondary N) is 1. The van der Waals surface area contributed by atoms with E-state index in [-0.39, 0.29) is 11.5 Å². The number of para-hydroxylation sites is 1. The van der Waals surface area contributed by atoms with Crippen molar-refractivity contribution in [2.75, 3.05) is 5.32 Å². The third-order valence-corrected chi connectivity index (χ3v) is 5.48. The molecule has 0 aliphatic rings. The van der Waals surface area contributed by atoms with Crippen LogP contribution in [0.1, 0.15) is 32.0 Å². The van der Waals surface area contributed by atoms with Crippen molar-refractivity contribution < 1.29 is 4.79 Å². The number of amides is 1. The van der Waals surface area contributed by atoms with Gasteiger partial charge in [-0.15, -0.1) is 21.5 Å². The lowest BCUT2D eigenvalue weighted by atomic mass is 10.2. The summed E-state index contributed by atoms with van der Waals surface area (Å²) in [6, 6.07) is 11.4. The molecule has 1 amide bonds. The van der Waals surface area contributed by atoms with Gasteiger partial charge < -0.3 is 5.32 Å². The fourth-order valence-electron chi connectivity index (χ4n) is 3.32. The van der Waals surface area contributed by atoms with Crippen LogP contribution in [-0.4, -0.2) is 25.1 Å². The Labute approximate surface area is 165 Å². The number of aryl methyl sites for hydroxylation is 2. The van der Waals surface area contributed by atoms with Crippen molar-refractivity contribution in [2.24, 2.45) is 0 Å². The van der Waals surface area contributed by atoms with Crippen LogP contribution in [0.3, 0.4) is 0 Å². The zero-order valence-corrected chi connectivity index (χ0v) is 16.4. The van der Waals surface area contributed by atoms with Crippen LogP contribution in [-0.2, 0) is 17.8 Å². The van der Waals surface area contributed by atoms with Crippen molar-refractivity contribution in [3.63, 3.8) is 0 Å². The Balaban J connectivity index is 1.55. The third kappa shape index (κ3) is 3.43. The van der Waals surface area contributed by atoms with Gasteiger partial charge in [0.15, 0.2) is 0 Å². The normalized spacial score (nSPS) is 11.3. The van der Waals surface area contributed by atoms with E-state index < -0.39 is 0 Å². The number of anilines is 1. The minimum atomic E-state index is -0.0245. The van der Waals surface area contributed by atoms with Gasteiger partial charge in [-0.25, -0.2) is 0 Å². The molecule has 4 aromatic rings. The minimum Gasteiger partial charge on any atom is -0.326 e. The summed E-state index contributed by atoms with van der Waals surface area (Å²) in [4.78, 5) is 24.9. The lowest BCUT2D eigenvalue weighted by Crippen LogP contribution is -2.22. The van der Waals surface area contributed by atoms with E-state index in [0.717, 1.165) is 23.4 Å². The second kappa shape index (κ2) is 7.93. The van der Waals surface area contributed by atoms with Gasteiger partial charge in [0.25, 0.3) is 5.56 Å². The number of carbonyl (C=O) groups excluding carboxylic acids is 1. The number of aromatic nitrogens is 4. The molecule has 7 nitrogen and oxygen atoms in total. The quantitative estimate of drug-likeness (QED) is 0.519. The highest BCUT2D eigenvalue weighted by Gasteiger charge is 2.17. The van der Waals surface area contributed by atoms with Gasteiger partial charge in [0.1, 0.15) is 10.5 Å². The summed E-state index contributed by atoms with van der Waals surface area (Å²) in [6.07, 6.45) is 2.50. The Morgan fingerprint density at radius 2 is 2.00 bits per heavy atom. The van der Waals surface area contributed by atoms with Gasteiger partial charge >= 0.3 is 0 Å². The maximum Gasteiger partial charge on any atom is 0.272 e. The van der Waals surface area contributed by atoms with E-state index in [9.17, 15) is 9.59 Å².